The summed E-state index contributed by atoms with van der Waals surface area (Å²) in [5, 5.41) is 47.8. The molecule has 1 aliphatic rings. The Morgan fingerprint density at radius 2 is 1.97 bits per heavy atom. The molecular formula is C16H21N5O8S. The van der Waals surface area contributed by atoms with E-state index in [0.29, 0.717) is 5.56 Å². The van der Waals surface area contributed by atoms with Gasteiger partial charge in [0.1, 0.15) is 18.4 Å². The predicted octanol–water partition coefficient (Wildman–Crippen LogP) is -3.54. The van der Waals surface area contributed by atoms with Gasteiger partial charge in [0.25, 0.3) is 11.8 Å². The zero-order chi connectivity index (χ0) is 22.3. The molecule has 1 saturated heterocycles. The first-order valence-electron chi connectivity index (χ1n) is 8.59. The van der Waals surface area contributed by atoms with Gasteiger partial charge in [0.15, 0.2) is 6.10 Å². The fraction of sp³-hybridized carbons (Fsp3) is 0.375. The molecule has 3 rings (SSSR count). The average molecular weight is 443 g/mol. The lowest BCUT2D eigenvalue weighted by Crippen LogP contribution is -2.47. The van der Waals surface area contributed by atoms with Crippen molar-refractivity contribution >= 4 is 15.9 Å². The summed E-state index contributed by atoms with van der Waals surface area (Å²) in [4.78, 5) is 16.3. The number of hydrogen-bond donors (Lipinski definition) is 7. The number of benzene rings is 1. The number of rotatable bonds is 6. The summed E-state index contributed by atoms with van der Waals surface area (Å²) < 4.78 is 28.5. The van der Waals surface area contributed by atoms with Crippen LogP contribution in [0.2, 0.25) is 0 Å². The van der Waals surface area contributed by atoms with Gasteiger partial charge in [-0.3, -0.25) is 9.36 Å². The first kappa shape index (κ1) is 22.3. The summed E-state index contributed by atoms with van der Waals surface area (Å²) >= 11 is 0. The monoisotopic (exact) mass is 443 g/mol. The molecule has 0 saturated carbocycles. The summed E-state index contributed by atoms with van der Waals surface area (Å²) in [5.74, 6) is -3.74. The van der Waals surface area contributed by atoms with Crippen molar-refractivity contribution in [1.82, 2.24) is 14.9 Å². The smallest absolute Gasteiger partial charge is 0.287 e. The lowest BCUT2D eigenvalue weighted by Gasteiger charge is -2.28. The third-order valence-electron chi connectivity index (χ3n) is 4.59. The maximum absolute atomic E-state index is 12.5. The van der Waals surface area contributed by atoms with Crippen molar-refractivity contribution in [1.29, 1.82) is 0 Å². The van der Waals surface area contributed by atoms with Crippen LogP contribution in [0.15, 0.2) is 41.6 Å². The van der Waals surface area contributed by atoms with E-state index in [-0.39, 0.29) is 17.3 Å². The normalized spacial score (nSPS) is 27.7. The topological polar surface area (TPSA) is 223 Å². The van der Waals surface area contributed by atoms with Gasteiger partial charge in [-0.05, 0) is 17.7 Å². The molecule has 1 unspecified atom stereocenters. The molecule has 1 aromatic carbocycles. The van der Waals surface area contributed by atoms with Crippen LogP contribution in [0.1, 0.15) is 16.2 Å². The Bertz CT molecular complexity index is 1020. The number of nitrogens with one attached hydrogen (secondary N) is 1. The van der Waals surface area contributed by atoms with Crippen LogP contribution in [0.5, 0.6) is 0 Å². The number of aliphatic hydroxyl groups is 4. The minimum Gasteiger partial charge on any atom is -0.387 e. The van der Waals surface area contributed by atoms with Gasteiger partial charge < -0.3 is 36.2 Å². The number of aliphatic hydroxyl groups excluding tert-OH is 3. The Morgan fingerprint density at radius 3 is 2.50 bits per heavy atom. The standard InChI is InChI=1S/C16H21N5O8S/c17-13(24)11-10(22)12(23)16(26,29-11)21-6-5-19-14(21)15(25)20-7-8-1-3-9(4-2-8)30(18,27)28/h1-6,10-13,22-24,26H,7,17H2,(H,20,25)(H2,18,27,28)/t10-,11+,12-,13?,16-/m1/s1. The van der Waals surface area contributed by atoms with Crippen molar-refractivity contribution in [3.05, 3.63) is 48.0 Å². The minimum atomic E-state index is -3.84. The van der Waals surface area contributed by atoms with E-state index >= 15 is 0 Å². The van der Waals surface area contributed by atoms with Gasteiger partial charge in [0, 0.05) is 18.9 Å². The van der Waals surface area contributed by atoms with Crippen LogP contribution < -0.4 is 16.2 Å². The van der Waals surface area contributed by atoms with E-state index in [1.807, 2.05) is 0 Å². The number of primary sulfonamides is 1. The van der Waals surface area contributed by atoms with Crippen LogP contribution >= 0.6 is 0 Å². The van der Waals surface area contributed by atoms with E-state index in [1.165, 1.54) is 24.3 Å². The van der Waals surface area contributed by atoms with Crippen molar-refractivity contribution in [2.75, 3.05) is 0 Å². The molecule has 0 bridgehead atoms. The molecule has 1 aliphatic heterocycles. The highest BCUT2D eigenvalue weighted by atomic mass is 32.2. The maximum atomic E-state index is 12.5. The van der Waals surface area contributed by atoms with Gasteiger partial charge in [-0.2, -0.15) is 0 Å². The number of aromatic nitrogens is 2. The molecule has 13 nitrogen and oxygen atoms in total. The zero-order valence-corrected chi connectivity index (χ0v) is 16.2. The number of amides is 1. The van der Waals surface area contributed by atoms with Crippen molar-refractivity contribution in [3.63, 3.8) is 0 Å². The number of ether oxygens (including phenoxy) is 1. The third-order valence-corrected chi connectivity index (χ3v) is 5.51. The molecule has 9 N–H and O–H groups in total. The Labute approximate surface area is 170 Å². The van der Waals surface area contributed by atoms with Crippen molar-refractivity contribution in [2.45, 2.75) is 41.9 Å². The van der Waals surface area contributed by atoms with Crippen molar-refractivity contribution in [3.8, 4) is 0 Å². The van der Waals surface area contributed by atoms with Crippen LogP contribution in [0.3, 0.4) is 0 Å². The molecule has 14 heteroatoms. The maximum Gasteiger partial charge on any atom is 0.287 e. The van der Waals surface area contributed by atoms with Crippen molar-refractivity contribution < 1.29 is 38.4 Å². The largest absolute Gasteiger partial charge is 0.387 e. The van der Waals surface area contributed by atoms with Crippen LogP contribution in [0.4, 0.5) is 0 Å². The van der Waals surface area contributed by atoms with Gasteiger partial charge in [0.2, 0.25) is 15.8 Å². The fourth-order valence-corrected chi connectivity index (χ4v) is 3.52. The number of carbonyl (C=O) groups is 1. The number of hydrogen-bond acceptors (Lipinski definition) is 10. The van der Waals surface area contributed by atoms with E-state index in [2.05, 4.69) is 10.3 Å². The summed E-state index contributed by atoms with van der Waals surface area (Å²) in [6.45, 7) is -0.0226. The highest BCUT2D eigenvalue weighted by molar-refractivity contribution is 7.89. The van der Waals surface area contributed by atoms with Gasteiger partial charge in [-0.1, -0.05) is 12.1 Å². The van der Waals surface area contributed by atoms with E-state index in [0.717, 1.165) is 17.0 Å². The number of sulfonamides is 1. The number of nitrogens with two attached hydrogens (primary N) is 2. The number of nitrogens with zero attached hydrogens (tertiary/aromatic N) is 2. The third kappa shape index (κ3) is 4.07. The first-order valence-corrected chi connectivity index (χ1v) is 10.1. The Kier molecular flexibility index (Phi) is 5.94. The van der Waals surface area contributed by atoms with Crippen LogP contribution in [-0.2, 0) is 27.2 Å². The SMILES string of the molecule is NC(O)[C@H]1O[C@@](O)(n2ccnc2C(=O)NCc2ccc(S(N)(=O)=O)cc2)[C@H](O)[C@@H]1O. The molecule has 1 fully saturated rings. The molecule has 1 aromatic heterocycles. The van der Waals surface area contributed by atoms with Crippen molar-refractivity contribution in [2.24, 2.45) is 10.9 Å². The summed E-state index contributed by atoms with van der Waals surface area (Å²) in [6.07, 6.45) is -4.59. The van der Waals surface area contributed by atoms with E-state index in [4.69, 9.17) is 15.6 Å². The molecule has 0 spiro atoms. The summed E-state index contributed by atoms with van der Waals surface area (Å²) in [5.41, 5.74) is 5.82. The minimum absolute atomic E-state index is 0.0226. The van der Waals surface area contributed by atoms with Gasteiger partial charge in [-0.25, -0.2) is 18.5 Å². The molecule has 5 atom stereocenters. The predicted molar refractivity (Wildman–Crippen MR) is 98.5 cm³/mol. The summed E-state index contributed by atoms with van der Waals surface area (Å²) in [6, 6.07) is 5.46. The van der Waals surface area contributed by atoms with Gasteiger partial charge >= 0.3 is 0 Å². The molecule has 2 heterocycles. The highest BCUT2D eigenvalue weighted by Gasteiger charge is 2.57. The zero-order valence-electron chi connectivity index (χ0n) is 15.4. The lowest BCUT2D eigenvalue weighted by atomic mass is 10.1. The summed E-state index contributed by atoms with van der Waals surface area (Å²) in [7, 11) is -3.84. The highest BCUT2D eigenvalue weighted by Crippen LogP contribution is 2.34. The molecule has 1 amide bonds. The Morgan fingerprint density at radius 1 is 1.33 bits per heavy atom. The first-order chi connectivity index (χ1) is 13.9. The van der Waals surface area contributed by atoms with Crippen LogP contribution in [0.25, 0.3) is 0 Å². The molecule has 2 aromatic rings. The second-order valence-electron chi connectivity index (χ2n) is 6.66. The molecule has 0 aliphatic carbocycles. The quantitative estimate of drug-likeness (QED) is 0.218. The van der Waals surface area contributed by atoms with E-state index < -0.39 is 46.4 Å². The van der Waals surface area contributed by atoms with Gasteiger partial charge in [0.05, 0.1) is 4.90 Å². The Hall–Kier alpha value is -2.43. The Balaban J connectivity index is 1.76. The number of carbonyl (C=O) groups excluding carboxylic acids is 1. The van der Waals surface area contributed by atoms with E-state index in [9.17, 15) is 33.6 Å². The molecule has 30 heavy (non-hydrogen) atoms. The number of imidazole rings is 1. The van der Waals surface area contributed by atoms with Crippen LogP contribution in [-0.4, -0.2) is 68.8 Å². The van der Waals surface area contributed by atoms with E-state index in [1.54, 1.807) is 0 Å². The van der Waals surface area contributed by atoms with Crippen LogP contribution in [0, 0.1) is 0 Å². The molecule has 0 radical (unpaired) electrons. The molecular weight excluding hydrogens is 422 g/mol. The van der Waals surface area contributed by atoms with Gasteiger partial charge in [-0.15, -0.1) is 0 Å². The second kappa shape index (κ2) is 8.01. The fourth-order valence-electron chi connectivity index (χ4n) is 3.00. The second-order valence-corrected chi connectivity index (χ2v) is 8.22. The average Bonchev–Trinajstić information content (AvgIpc) is 3.26. The lowest BCUT2D eigenvalue weighted by molar-refractivity contribution is -0.293. The molecule has 164 valence electrons.